The van der Waals surface area contributed by atoms with Gasteiger partial charge in [-0.05, 0) is 38.1 Å². The highest BCUT2D eigenvalue weighted by molar-refractivity contribution is 9.08. The van der Waals surface area contributed by atoms with Crippen LogP contribution in [0.1, 0.15) is 18.2 Å². The van der Waals surface area contributed by atoms with Gasteiger partial charge in [0.25, 0.3) is 0 Å². The molecule has 102 valence electrons. The summed E-state index contributed by atoms with van der Waals surface area (Å²) in [6.07, 6.45) is 0. The number of aryl methyl sites for hydroxylation is 2. The quantitative estimate of drug-likeness (QED) is 0.784. The van der Waals surface area contributed by atoms with E-state index < -0.39 is 0 Å². The highest BCUT2D eigenvalue weighted by Gasteiger charge is 2.14. The second kappa shape index (κ2) is 6.10. The molecule has 2 aromatic rings. The third-order valence-corrected chi connectivity index (χ3v) is 3.33. The van der Waals surface area contributed by atoms with E-state index in [1.165, 1.54) is 0 Å². The highest BCUT2D eigenvalue weighted by Crippen LogP contribution is 2.29. The third kappa shape index (κ3) is 3.10. The van der Waals surface area contributed by atoms with Gasteiger partial charge in [-0.3, -0.25) is 0 Å². The van der Waals surface area contributed by atoms with Gasteiger partial charge >= 0.3 is 0 Å². The van der Waals surface area contributed by atoms with Crippen LogP contribution in [0, 0.1) is 6.92 Å². The summed E-state index contributed by atoms with van der Waals surface area (Å²) < 4.78 is 13.1. The maximum absolute atomic E-state index is 5.90. The minimum absolute atomic E-state index is 0.662. The van der Waals surface area contributed by atoms with E-state index in [1.807, 2.05) is 45.2 Å². The molecule has 0 atom stereocenters. The molecule has 1 heterocycles. The standard InChI is InChI=1S/C14H17BrN2O2/c1-4-18-11-5-7-12(8-6-11)19-14-13(9-15)10(2)16-17(14)3/h5-8H,4,9H2,1-3H3. The number of hydrogen-bond acceptors (Lipinski definition) is 3. The fraction of sp³-hybridized carbons (Fsp3) is 0.357. The maximum Gasteiger partial charge on any atom is 0.221 e. The Kier molecular flexibility index (Phi) is 4.47. The van der Waals surface area contributed by atoms with Crippen molar-refractivity contribution in [2.45, 2.75) is 19.2 Å². The zero-order chi connectivity index (χ0) is 13.8. The summed E-state index contributed by atoms with van der Waals surface area (Å²) in [5.74, 6) is 2.38. The Labute approximate surface area is 121 Å². The molecule has 0 aliphatic rings. The summed E-state index contributed by atoms with van der Waals surface area (Å²) in [7, 11) is 1.88. The minimum atomic E-state index is 0.662. The van der Waals surface area contributed by atoms with E-state index in [2.05, 4.69) is 21.0 Å². The summed E-state index contributed by atoms with van der Waals surface area (Å²) in [4.78, 5) is 0. The SMILES string of the molecule is CCOc1ccc(Oc2c(CBr)c(C)nn2C)cc1. The maximum atomic E-state index is 5.90. The van der Waals surface area contributed by atoms with Gasteiger partial charge in [0.15, 0.2) is 0 Å². The van der Waals surface area contributed by atoms with Gasteiger partial charge < -0.3 is 9.47 Å². The molecular weight excluding hydrogens is 308 g/mol. The normalized spacial score (nSPS) is 10.5. The van der Waals surface area contributed by atoms with Crippen LogP contribution < -0.4 is 9.47 Å². The van der Waals surface area contributed by atoms with Crippen molar-refractivity contribution in [1.82, 2.24) is 9.78 Å². The summed E-state index contributed by atoms with van der Waals surface area (Å²) in [6.45, 7) is 4.60. The number of nitrogens with zero attached hydrogens (tertiary/aromatic N) is 2. The van der Waals surface area contributed by atoms with Crippen molar-refractivity contribution in [3.63, 3.8) is 0 Å². The van der Waals surface area contributed by atoms with E-state index in [9.17, 15) is 0 Å². The molecule has 0 radical (unpaired) electrons. The van der Waals surface area contributed by atoms with Gasteiger partial charge in [-0.15, -0.1) is 0 Å². The monoisotopic (exact) mass is 324 g/mol. The molecule has 19 heavy (non-hydrogen) atoms. The lowest BCUT2D eigenvalue weighted by Crippen LogP contribution is -1.97. The first-order chi connectivity index (χ1) is 9.15. The van der Waals surface area contributed by atoms with E-state index in [0.717, 1.165) is 34.0 Å². The van der Waals surface area contributed by atoms with Crippen LogP contribution in [0.3, 0.4) is 0 Å². The van der Waals surface area contributed by atoms with Crippen molar-refractivity contribution in [2.24, 2.45) is 7.05 Å². The van der Waals surface area contributed by atoms with E-state index in [1.54, 1.807) is 4.68 Å². The molecular formula is C14H17BrN2O2. The molecule has 0 saturated carbocycles. The number of benzene rings is 1. The molecule has 0 N–H and O–H groups in total. The fourth-order valence-corrected chi connectivity index (χ4v) is 2.49. The lowest BCUT2D eigenvalue weighted by atomic mass is 10.3. The number of halogens is 1. The van der Waals surface area contributed by atoms with E-state index in [0.29, 0.717) is 6.61 Å². The van der Waals surface area contributed by atoms with Crippen LogP contribution in [-0.2, 0) is 12.4 Å². The first-order valence-corrected chi connectivity index (χ1v) is 7.27. The van der Waals surface area contributed by atoms with Gasteiger partial charge in [0.1, 0.15) is 11.5 Å². The Balaban J connectivity index is 2.21. The topological polar surface area (TPSA) is 36.3 Å². The average Bonchev–Trinajstić information content (AvgIpc) is 2.66. The van der Waals surface area contributed by atoms with Crippen LogP contribution in [0.25, 0.3) is 0 Å². The van der Waals surface area contributed by atoms with Crippen molar-refractivity contribution < 1.29 is 9.47 Å². The van der Waals surface area contributed by atoms with Gasteiger partial charge in [0.05, 0.1) is 12.3 Å². The Morgan fingerprint density at radius 2 is 1.84 bits per heavy atom. The molecule has 0 saturated heterocycles. The van der Waals surface area contributed by atoms with Gasteiger partial charge in [0.2, 0.25) is 5.88 Å². The minimum Gasteiger partial charge on any atom is -0.494 e. The summed E-state index contributed by atoms with van der Waals surface area (Å²) in [5, 5.41) is 5.08. The molecule has 0 unspecified atom stereocenters. The summed E-state index contributed by atoms with van der Waals surface area (Å²) >= 11 is 3.46. The zero-order valence-corrected chi connectivity index (χ0v) is 12.9. The average molecular weight is 325 g/mol. The molecule has 0 aliphatic heterocycles. The van der Waals surface area contributed by atoms with E-state index in [4.69, 9.17) is 9.47 Å². The Hall–Kier alpha value is -1.49. The molecule has 4 nitrogen and oxygen atoms in total. The molecule has 2 rings (SSSR count). The number of ether oxygens (including phenoxy) is 2. The van der Waals surface area contributed by atoms with Gasteiger partial charge in [-0.1, -0.05) is 15.9 Å². The third-order valence-electron chi connectivity index (χ3n) is 2.77. The lowest BCUT2D eigenvalue weighted by Gasteiger charge is -2.08. The molecule has 0 amide bonds. The molecule has 1 aromatic carbocycles. The number of aromatic nitrogens is 2. The Morgan fingerprint density at radius 3 is 2.42 bits per heavy atom. The summed E-state index contributed by atoms with van der Waals surface area (Å²) in [5.41, 5.74) is 2.04. The molecule has 1 aromatic heterocycles. The van der Waals surface area contributed by atoms with Crippen molar-refractivity contribution in [1.29, 1.82) is 0 Å². The van der Waals surface area contributed by atoms with Crippen LogP contribution in [0.15, 0.2) is 24.3 Å². The molecule has 0 fully saturated rings. The van der Waals surface area contributed by atoms with Crippen LogP contribution in [0.4, 0.5) is 0 Å². The number of hydrogen-bond donors (Lipinski definition) is 0. The van der Waals surface area contributed by atoms with Crippen molar-refractivity contribution in [2.75, 3.05) is 6.61 Å². The van der Waals surface area contributed by atoms with Crippen LogP contribution in [-0.4, -0.2) is 16.4 Å². The van der Waals surface area contributed by atoms with Crippen molar-refractivity contribution in [3.8, 4) is 17.4 Å². The second-order valence-corrected chi connectivity index (χ2v) is 4.69. The first kappa shape index (κ1) is 13.9. The van der Waals surface area contributed by atoms with Crippen molar-refractivity contribution in [3.05, 3.63) is 35.5 Å². The fourth-order valence-electron chi connectivity index (χ4n) is 1.84. The molecule has 0 bridgehead atoms. The predicted octanol–water partition coefficient (Wildman–Crippen LogP) is 3.81. The zero-order valence-electron chi connectivity index (χ0n) is 11.3. The first-order valence-electron chi connectivity index (χ1n) is 6.14. The second-order valence-electron chi connectivity index (χ2n) is 4.13. The van der Waals surface area contributed by atoms with E-state index in [-0.39, 0.29) is 0 Å². The Morgan fingerprint density at radius 1 is 1.21 bits per heavy atom. The molecule has 5 heteroatoms. The van der Waals surface area contributed by atoms with Gasteiger partial charge in [-0.25, -0.2) is 4.68 Å². The van der Waals surface area contributed by atoms with Crippen molar-refractivity contribution >= 4 is 15.9 Å². The van der Waals surface area contributed by atoms with Crippen LogP contribution >= 0.6 is 15.9 Å². The molecule has 0 spiro atoms. The van der Waals surface area contributed by atoms with E-state index >= 15 is 0 Å². The Bertz CT molecular complexity index is 549. The number of rotatable bonds is 5. The summed E-state index contributed by atoms with van der Waals surface area (Å²) in [6, 6.07) is 7.59. The predicted molar refractivity (Wildman–Crippen MR) is 78.3 cm³/mol. The van der Waals surface area contributed by atoms with Crippen LogP contribution in [0.2, 0.25) is 0 Å². The number of alkyl halides is 1. The van der Waals surface area contributed by atoms with Crippen LogP contribution in [0.5, 0.6) is 17.4 Å². The largest absolute Gasteiger partial charge is 0.494 e. The molecule has 0 aliphatic carbocycles. The lowest BCUT2D eigenvalue weighted by molar-refractivity contribution is 0.339. The van der Waals surface area contributed by atoms with Gasteiger partial charge in [0, 0.05) is 17.9 Å². The highest BCUT2D eigenvalue weighted by atomic mass is 79.9. The smallest absolute Gasteiger partial charge is 0.221 e. The van der Waals surface area contributed by atoms with Gasteiger partial charge in [-0.2, -0.15) is 5.10 Å².